The van der Waals surface area contributed by atoms with Crippen LogP contribution in [-0.2, 0) is 6.42 Å². The first-order valence-electron chi connectivity index (χ1n) is 6.39. The number of carbonyl (C=O) groups excluding carboxylic acids is 1. The normalized spacial score (nSPS) is 10.5. The van der Waals surface area contributed by atoms with Crippen molar-refractivity contribution in [1.29, 1.82) is 0 Å². The van der Waals surface area contributed by atoms with Crippen LogP contribution < -0.4 is 0 Å². The van der Waals surface area contributed by atoms with Crippen molar-refractivity contribution >= 4 is 21.7 Å². The van der Waals surface area contributed by atoms with E-state index in [0.717, 1.165) is 10.0 Å². The van der Waals surface area contributed by atoms with Gasteiger partial charge in [-0.15, -0.1) is 0 Å². The fourth-order valence-electron chi connectivity index (χ4n) is 1.93. The molecule has 0 radical (unpaired) electrons. The first-order chi connectivity index (χ1) is 10.2. The van der Waals surface area contributed by atoms with Crippen molar-refractivity contribution in [1.82, 2.24) is 10.1 Å². The van der Waals surface area contributed by atoms with Crippen LogP contribution in [0.2, 0.25) is 0 Å². The third kappa shape index (κ3) is 3.25. The van der Waals surface area contributed by atoms with Gasteiger partial charge in [0.25, 0.3) is 0 Å². The van der Waals surface area contributed by atoms with Gasteiger partial charge in [-0.3, -0.25) is 4.79 Å². The Bertz CT molecular complexity index is 769. The highest BCUT2D eigenvalue weighted by Crippen LogP contribution is 2.20. The number of rotatable bonds is 4. The van der Waals surface area contributed by atoms with E-state index in [1.54, 1.807) is 12.1 Å². The predicted octanol–water partition coefficient (Wildman–Crippen LogP) is 3.92. The number of halogens is 1. The van der Waals surface area contributed by atoms with Crippen LogP contribution in [0.15, 0.2) is 63.6 Å². The van der Waals surface area contributed by atoms with Crippen LogP contribution in [-0.4, -0.2) is 15.9 Å². The molecule has 0 spiro atoms. The van der Waals surface area contributed by atoms with E-state index in [4.69, 9.17) is 4.52 Å². The average molecular weight is 343 g/mol. The van der Waals surface area contributed by atoms with Gasteiger partial charge in [-0.05, 0) is 12.1 Å². The van der Waals surface area contributed by atoms with Crippen molar-refractivity contribution in [3.05, 3.63) is 70.5 Å². The van der Waals surface area contributed by atoms with Crippen LogP contribution in [0.4, 0.5) is 0 Å². The molecule has 4 nitrogen and oxygen atoms in total. The van der Waals surface area contributed by atoms with Crippen molar-refractivity contribution in [2.24, 2.45) is 0 Å². The second-order valence-electron chi connectivity index (χ2n) is 4.49. The summed E-state index contributed by atoms with van der Waals surface area (Å²) in [6.45, 7) is 0. The van der Waals surface area contributed by atoms with Gasteiger partial charge in [-0.1, -0.05) is 63.6 Å². The number of carbonyl (C=O) groups is 1. The number of benzene rings is 2. The number of nitrogens with zero attached hydrogens (tertiary/aromatic N) is 2. The highest BCUT2D eigenvalue weighted by molar-refractivity contribution is 9.10. The minimum absolute atomic E-state index is 0.0416. The fourth-order valence-corrected chi connectivity index (χ4v) is 2.33. The number of ketones is 1. The second kappa shape index (κ2) is 6.01. The van der Waals surface area contributed by atoms with Gasteiger partial charge in [0.15, 0.2) is 5.78 Å². The Morgan fingerprint density at radius 3 is 2.67 bits per heavy atom. The van der Waals surface area contributed by atoms with E-state index in [-0.39, 0.29) is 12.2 Å². The SMILES string of the molecule is O=C(Cc1nc(-c2cccc(Br)c2)no1)c1ccccc1. The first-order valence-corrected chi connectivity index (χ1v) is 7.18. The maximum atomic E-state index is 12.1. The van der Waals surface area contributed by atoms with E-state index in [2.05, 4.69) is 26.1 Å². The molecule has 0 fully saturated rings. The lowest BCUT2D eigenvalue weighted by Gasteiger charge is -1.96. The summed E-state index contributed by atoms with van der Waals surface area (Å²) in [5.74, 6) is 0.756. The summed E-state index contributed by atoms with van der Waals surface area (Å²) in [4.78, 5) is 16.3. The third-order valence-electron chi connectivity index (χ3n) is 2.96. The monoisotopic (exact) mass is 342 g/mol. The molecular weight excluding hydrogens is 332 g/mol. The maximum Gasteiger partial charge on any atom is 0.234 e. The zero-order valence-corrected chi connectivity index (χ0v) is 12.6. The molecule has 0 aliphatic carbocycles. The zero-order chi connectivity index (χ0) is 14.7. The van der Waals surface area contributed by atoms with Crippen LogP contribution in [0.25, 0.3) is 11.4 Å². The highest BCUT2D eigenvalue weighted by atomic mass is 79.9. The van der Waals surface area contributed by atoms with Gasteiger partial charge in [0.05, 0.1) is 6.42 Å². The molecule has 0 N–H and O–H groups in total. The molecule has 3 rings (SSSR count). The molecule has 5 heteroatoms. The Hall–Kier alpha value is -2.27. The summed E-state index contributed by atoms with van der Waals surface area (Å²) in [6, 6.07) is 16.7. The lowest BCUT2D eigenvalue weighted by atomic mass is 10.1. The summed E-state index contributed by atoms with van der Waals surface area (Å²) in [5.41, 5.74) is 1.48. The molecule has 0 aliphatic rings. The van der Waals surface area contributed by atoms with Crippen LogP contribution in [0.5, 0.6) is 0 Å². The second-order valence-corrected chi connectivity index (χ2v) is 5.40. The number of Topliss-reactive ketones (excluding diaryl/α,β-unsaturated/α-hetero) is 1. The summed E-state index contributed by atoms with van der Waals surface area (Å²) in [5, 5.41) is 3.92. The maximum absolute atomic E-state index is 12.1. The van der Waals surface area contributed by atoms with E-state index in [9.17, 15) is 4.79 Å². The van der Waals surface area contributed by atoms with Crippen LogP contribution >= 0.6 is 15.9 Å². The van der Waals surface area contributed by atoms with Crippen molar-refractivity contribution < 1.29 is 9.32 Å². The van der Waals surface area contributed by atoms with E-state index in [1.165, 1.54) is 0 Å². The van der Waals surface area contributed by atoms with Gasteiger partial charge in [-0.2, -0.15) is 4.98 Å². The molecule has 1 heterocycles. The molecule has 3 aromatic rings. The molecule has 0 unspecified atom stereocenters. The summed E-state index contributed by atoms with van der Waals surface area (Å²) < 4.78 is 6.09. The average Bonchev–Trinajstić information content (AvgIpc) is 2.97. The van der Waals surface area contributed by atoms with Crippen LogP contribution in [0.3, 0.4) is 0 Å². The molecule has 0 aliphatic heterocycles. The minimum Gasteiger partial charge on any atom is -0.338 e. The molecule has 1 aromatic heterocycles. The lowest BCUT2D eigenvalue weighted by Crippen LogP contribution is -2.03. The standard InChI is InChI=1S/C16H11BrN2O2/c17-13-8-4-7-12(9-13)16-18-15(21-19-16)10-14(20)11-5-2-1-3-6-11/h1-9H,10H2. The minimum atomic E-state index is -0.0416. The molecule has 104 valence electrons. The summed E-state index contributed by atoms with van der Waals surface area (Å²) >= 11 is 3.40. The van der Waals surface area contributed by atoms with E-state index in [0.29, 0.717) is 17.3 Å². The number of hydrogen-bond donors (Lipinski definition) is 0. The van der Waals surface area contributed by atoms with Crippen LogP contribution in [0, 0.1) is 0 Å². The molecule has 0 saturated carbocycles. The Labute approximate surface area is 129 Å². The van der Waals surface area contributed by atoms with Crippen molar-refractivity contribution in [2.75, 3.05) is 0 Å². The molecule has 0 saturated heterocycles. The zero-order valence-electron chi connectivity index (χ0n) is 11.0. The number of hydrogen-bond acceptors (Lipinski definition) is 4. The van der Waals surface area contributed by atoms with Gasteiger partial charge >= 0.3 is 0 Å². The predicted molar refractivity (Wildman–Crippen MR) is 81.9 cm³/mol. The molecular formula is C16H11BrN2O2. The third-order valence-corrected chi connectivity index (χ3v) is 3.45. The van der Waals surface area contributed by atoms with Gasteiger partial charge in [0, 0.05) is 15.6 Å². The van der Waals surface area contributed by atoms with Gasteiger partial charge < -0.3 is 4.52 Å². The van der Waals surface area contributed by atoms with E-state index in [1.807, 2.05) is 42.5 Å². The quantitative estimate of drug-likeness (QED) is 0.674. The molecule has 0 amide bonds. The Morgan fingerprint density at radius 1 is 1.10 bits per heavy atom. The molecule has 21 heavy (non-hydrogen) atoms. The highest BCUT2D eigenvalue weighted by Gasteiger charge is 2.13. The number of aromatic nitrogens is 2. The molecule has 0 bridgehead atoms. The molecule has 0 atom stereocenters. The van der Waals surface area contributed by atoms with E-state index < -0.39 is 0 Å². The van der Waals surface area contributed by atoms with Gasteiger partial charge in [-0.25, -0.2) is 0 Å². The van der Waals surface area contributed by atoms with Crippen molar-refractivity contribution in [3.8, 4) is 11.4 Å². The van der Waals surface area contributed by atoms with Gasteiger partial charge in [0.2, 0.25) is 11.7 Å². The fraction of sp³-hybridized carbons (Fsp3) is 0.0625. The largest absolute Gasteiger partial charge is 0.338 e. The van der Waals surface area contributed by atoms with Crippen molar-refractivity contribution in [3.63, 3.8) is 0 Å². The molecule has 2 aromatic carbocycles. The van der Waals surface area contributed by atoms with Crippen LogP contribution in [0.1, 0.15) is 16.2 Å². The smallest absolute Gasteiger partial charge is 0.234 e. The van der Waals surface area contributed by atoms with Gasteiger partial charge in [0.1, 0.15) is 0 Å². The Morgan fingerprint density at radius 2 is 1.90 bits per heavy atom. The van der Waals surface area contributed by atoms with Crippen molar-refractivity contribution in [2.45, 2.75) is 6.42 Å². The topological polar surface area (TPSA) is 56.0 Å². The summed E-state index contributed by atoms with van der Waals surface area (Å²) in [6.07, 6.45) is 0.102. The summed E-state index contributed by atoms with van der Waals surface area (Å²) in [7, 11) is 0. The Balaban J connectivity index is 1.78. The van der Waals surface area contributed by atoms with E-state index >= 15 is 0 Å². The lowest BCUT2D eigenvalue weighted by molar-refractivity contribution is 0.0983. The Kier molecular flexibility index (Phi) is 3.92. The first kappa shape index (κ1) is 13.7.